The van der Waals surface area contributed by atoms with Crippen LogP contribution in [-0.2, 0) is 19.5 Å². The molecular weight excluding hydrogens is 322 g/mol. The number of fused-ring (bicyclic) bond motifs is 1. The SMILES string of the molecule is CCc1nnsc1C(=O)N1Cc2nccn2CC1c1ccccc1. The van der Waals surface area contributed by atoms with Crippen LogP contribution in [0.3, 0.4) is 0 Å². The molecule has 3 heterocycles. The van der Waals surface area contributed by atoms with Crippen LogP contribution < -0.4 is 0 Å². The first-order valence-electron chi connectivity index (χ1n) is 7.95. The van der Waals surface area contributed by atoms with E-state index in [0.717, 1.165) is 17.1 Å². The fourth-order valence-corrected chi connectivity index (χ4v) is 3.82. The molecule has 0 fully saturated rings. The van der Waals surface area contributed by atoms with Gasteiger partial charge in [-0.05, 0) is 23.5 Å². The van der Waals surface area contributed by atoms with Gasteiger partial charge >= 0.3 is 0 Å². The Hall–Kier alpha value is -2.54. The number of imidazole rings is 1. The number of rotatable bonds is 3. The van der Waals surface area contributed by atoms with Crippen molar-refractivity contribution in [3.8, 4) is 0 Å². The largest absolute Gasteiger partial charge is 0.331 e. The van der Waals surface area contributed by atoms with Crippen molar-refractivity contribution in [2.75, 3.05) is 0 Å². The molecular formula is C17H17N5OS. The maximum Gasteiger partial charge on any atom is 0.268 e. The first kappa shape index (κ1) is 15.0. The molecule has 1 aliphatic rings. The predicted molar refractivity (Wildman–Crippen MR) is 90.6 cm³/mol. The molecule has 122 valence electrons. The molecule has 24 heavy (non-hydrogen) atoms. The van der Waals surface area contributed by atoms with E-state index in [2.05, 4.69) is 31.3 Å². The van der Waals surface area contributed by atoms with Crippen molar-refractivity contribution in [1.29, 1.82) is 0 Å². The molecule has 7 heteroatoms. The van der Waals surface area contributed by atoms with Gasteiger partial charge in [-0.25, -0.2) is 4.98 Å². The third-order valence-corrected chi connectivity index (χ3v) is 5.15. The van der Waals surface area contributed by atoms with E-state index in [1.807, 2.05) is 36.2 Å². The van der Waals surface area contributed by atoms with Crippen molar-refractivity contribution in [2.24, 2.45) is 0 Å². The smallest absolute Gasteiger partial charge is 0.268 e. The maximum absolute atomic E-state index is 13.2. The maximum atomic E-state index is 13.2. The van der Waals surface area contributed by atoms with E-state index >= 15 is 0 Å². The zero-order chi connectivity index (χ0) is 16.5. The first-order chi connectivity index (χ1) is 11.8. The number of carbonyl (C=O) groups excluding carboxylic acids is 1. The van der Waals surface area contributed by atoms with Crippen molar-refractivity contribution in [1.82, 2.24) is 24.0 Å². The molecule has 2 aromatic heterocycles. The van der Waals surface area contributed by atoms with Gasteiger partial charge in [0.25, 0.3) is 5.91 Å². The summed E-state index contributed by atoms with van der Waals surface area (Å²) in [7, 11) is 0. The molecule has 6 nitrogen and oxygen atoms in total. The molecule has 1 atom stereocenters. The Bertz CT molecular complexity index is 857. The van der Waals surface area contributed by atoms with Crippen molar-refractivity contribution < 1.29 is 4.79 Å². The lowest BCUT2D eigenvalue weighted by molar-refractivity contribution is 0.0588. The average molecular weight is 339 g/mol. The highest BCUT2D eigenvalue weighted by Crippen LogP contribution is 2.31. The van der Waals surface area contributed by atoms with E-state index in [0.29, 0.717) is 24.4 Å². The number of hydrogen-bond acceptors (Lipinski definition) is 5. The summed E-state index contributed by atoms with van der Waals surface area (Å²) in [6.45, 7) is 3.19. The molecule has 1 unspecified atom stereocenters. The molecule has 0 radical (unpaired) electrons. The first-order valence-corrected chi connectivity index (χ1v) is 8.72. The summed E-state index contributed by atoms with van der Waals surface area (Å²) >= 11 is 1.18. The summed E-state index contributed by atoms with van der Waals surface area (Å²) in [5.41, 5.74) is 1.89. The third kappa shape index (κ3) is 2.50. The molecule has 3 aromatic rings. The van der Waals surface area contributed by atoms with Crippen LogP contribution in [0.5, 0.6) is 0 Å². The molecule has 0 N–H and O–H groups in total. The molecule has 0 spiro atoms. The lowest BCUT2D eigenvalue weighted by Crippen LogP contribution is -2.41. The number of hydrogen-bond donors (Lipinski definition) is 0. The topological polar surface area (TPSA) is 63.9 Å². The summed E-state index contributed by atoms with van der Waals surface area (Å²) < 4.78 is 6.08. The third-order valence-electron chi connectivity index (χ3n) is 4.39. The summed E-state index contributed by atoms with van der Waals surface area (Å²) in [5, 5.41) is 4.08. The molecule has 0 saturated carbocycles. The van der Waals surface area contributed by atoms with Crippen LogP contribution in [0, 0.1) is 0 Å². The monoisotopic (exact) mass is 339 g/mol. The fourth-order valence-electron chi connectivity index (χ4n) is 3.11. The van der Waals surface area contributed by atoms with Crippen molar-refractivity contribution in [3.05, 3.63) is 64.7 Å². The van der Waals surface area contributed by atoms with Gasteiger partial charge in [-0.15, -0.1) is 5.10 Å². The van der Waals surface area contributed by atoms with Crippen molar-refractivity contribution >= 4 is 17.4 Å². The highest BCUT2D eigenvalue weighted by atomic mass is 32.1. The molecule has 0 aliphatic carbocycles. The van der Waals surface area contributed by atoms with Gasteiger partial charge in [0.15, 0.2) is 0 Å². The van der Waals surface area contributed by atoms with Gasteiger partial charge in [-0.3, -0.25) is 4.79 Å². The molecule has 0 bridgehead atoms. The number of carbonyl (C=O) groups is 1. The fraction of sp³-hybridized carbons (Fsp3) is 0.294. The summed E-state index contributed by atoms with van der Waals surface area (Å²) in [6.07, 6.45) is 4.46. The Morgan fingerprint density at radius 2 is 2.17 bits per heavy atom. The molecule has 1 aliphatic heterocycles. The van der Waals surface area contributed by atoms with Gasteiger partial charge in [-0.2, -0.15) is 0 Å². The highest BCUT2D eigenvalue weighted by Gasteiger charge is 2.33. The van der Waals surface area contributed by atoms with Crippen molar-refractivity contribution in [2.45, 2.75) is 32.5 Å². The summed E-state index contributed by atoms with van der Waals surface area (Å²) in [4.78, 5) is 20.1. The zero-order valence-electron chi connectivity index (χ0n) is 13.3. The van der Waals surface area contributed by atoms with Crippen LogP contribution in [0.2, 0.25) is 0 Å². The Kier molecular flexibility index (Phi) is 3.86. The van der Waals surface area contributed by atoms with E-state index in [1.54, 1.807) is 6.20 Å². The lowest BCUT2D eigenvalue weighted by atomic mass is 10.0. The van der Waals surface area contributed by atoms with Crippen LogP contribution in [-0.4, -0.2) is 29.9 Å². The van der Waals surface area contributed by atoms with E-state index in [-0.39, 0.29) is 11.9 Å². The number of amides is 1. The van der Waals surface area contributed by atoms with Gasteiger partial charge in [-0.1, -0.05) is 41.7 Å². The minimum absolute atomic E-state index is 0.00930. The predicted octanol–water partition coefficient (Wildman–Crippen LogP) is 2.69. The quantitative estimate of drug-likeness (QED) is 0.736. The standard InChI is InChI=1S/C17H17N5OS/c1-2-13-16(24-20-19-13)17(23)22-11-15-18-8-9-21(15)10-14(22)12-6-4-3-5-7-12/h3-9,14H,2,10-11H2,1H3. The second kappa shape index (κ2) is 6.16. The van der Waals surface area contributed by atoms with Gasteiger partial charge in [0.1, 0.15) is 10.7 Å². The average Bonchev–Trinajstić information content (AvgIpc) is 3.29. The van der Waals surface area contributed by atoms with E-state index < -0.39 is 0 Å². The molecule has 0 saturated heterocycles. The molecule has 4 rings (SSSR count). The number of nitrogens with zero attached hydrogens (tertiary/aromatic N) is 5. The van der Waals surface area contributed by atoms with Crippen LogP contribution in [0.25, 0.3) is 0 Å². The van der Waals surface area contributed by atoms with Gasteiger partial charge in [0.2, 0.25) is 0 Å². The second-order valence-electron chi connectivity index (χ2n) is 5.76. The number of aryl methyl sites for hydroxylation is 1. The Balaban J connectivity index is 1.74. The van der Waals surface area contributed by atoms with Gasteiger partial charge < -0.3 is 9.47 Å². The normalized spacial score (nSPS) is 16.9. The number of aromatic nitrogens is 4. The zero-order valence-corrected chi connectivity index (χ0v) is 14.1. The van der Waals surface area contributed by atoms with Crippen LogP contribution in [0.15, 0.2) is 42.7 Å². The Labute approximate surface area is 143 Å². The molecule has 1 aromatic carbocycles. The minimum atomic E-state index is -0.0211. The summed E-state index contributed by atoms with van der Waals surface area (Å²) in [6, 6.07) is 10.1. The minimum Gasteiger partial charge on any atom is -0.331 e. The lowest BCUT2D eigenvalue weighted by Gasteiger charge is -2.36. The summed E-state index contributed by atoms with van der Waals surface area (Å²) in [5.74, 6) is 0.899. The van der Waals surface area contributed by atoms with Gasteiger partial charge in [0.05, 0.1) is 18.3 Å². The highest BCUT2D eigenvalue weighted by molar-refractivity contribution is 7.08. The molecule has 1 amide bonds. The Morgan fingerprint density at radius 1 is 1.33 bits per heavy atom. The van der Waals surface area contributed by atoms with Crippen LogP contribution in [0.1, 0.15) is 39.7 Å². The van der Waals surface area contributed by atoms with E-state index in [9.17, 15) is 4.79 Å². The Morgan fingerprint density at radius 3 is 2.96 bits per heavy atom. The van der Waals surface area contributed by atoms with E-state index in [1.165, 1.54) is 11.5 Å². The van der Waals surface area contributed by atoms with Gasteiger partial charge in [0, 0.05) is 18.9 Å². The van der Waals surface area contributed by atoms with Crippen LogP contribution >= 0.6 is 11.5 Å². The van der Waals surface area contributed by atoms with Crippen LogP contribution in [0.4, 0.5) is 0 Å². The second-order valence-corrected chi connectivity index (χ2v) is 6.51. The van der Waals surface area contributed by atoms with Crippen molar-refractivity contribution in [3.63, 3.8) is 0 Å². The van der Waals surface area contributed by atoms with E-state index in [4.69, 9.17) is 0 Å². The number of benzene rings is 1.